The van der Waals surface area contributed by atoms with Crippen LogP contribution in [-0.4, -0.2) is 36.7 Å². The molecule has 0 bridgehead atoms. The summed E-state index contributed by atoms with van der Waals surface area (Å²) in [6, 6.07) is 10.3. The van der Waals surface area contributed by atoms with Crippen LogP contribution in [0.4, 0.5) is 24.5 Å². The van der Waals surface area contributed by atoms with Crippen molar-refractivity contribution in [2.75, 3.05) is 30.4 Å². The van der Waals surface area contributed by atoms with Gasteiger partial charge in [-0.25, -0.2) is 4.79 Å². The molecule has 144 valence electrons. The van der Waals surface area contributed by atoms with Crippen LogP contribution >= 0.6 is 0 Å². The van der Waals surface area contributed by atoms with Crippen LogP contribution in [0.25, 0.3) is 0 Å². The van der Waals surface area contributed by atoms with Gasteiger partial charge in [-0.2, -0.15) is 13.2 Å². The van der Waals surface area contributed by atoms with Crippen molar-refractivity contribution < 1.29 is 32.6 Å². The van der Waals surface area contributed by atoms with Gasteiger partial charge in [0.2, 0.25) is 0 Å². The van der Waals surface area contributed by atoms with Gasteiger partial charge < -0.3 is 20.5 Å². The van der Waals surface area contributed by atoms with E-state index in [0.29, 0.717) is 5.69 Å². The van der Waals surface area contributed by atoms with Crippen molar-refractivity contribution in [1.29, 1.82) is 0 Å². The third-order valence-electron chi connectivity index (χ3n) is 3.40. The third kappa shape index (κ3) is 6.00. The number of hydrogen-bond acceptors (Lipinski definition) is 5. The lowest BCUT2D eigenvalue weighted by molar-refractivity contribution is -0.137. The summed E-state index contributed by atoms with van der Waals surface area (Å²) in [5.74, 6) is -1.44. The number of aliphatic hydroxyl groups is 1. The van der Waals surface area contributed by atoms with Gasteiger partial charge in [-0.15, -0.1) is 0 Å². The average molecular weight is 382 g/mol. The van der Waals surface area contributed by atoms with Gasteiger partial charge in [0.15, 0.2) is 6.61 Å². The number of para-hydroxylation sites is 1. The quantitative estimate of drug-likeness (QED) is 0.641. The van der Waals surface area contributed by atoms with Gasteiger partial charge in [-0.05, 0) is 36.4 Å². The molecular formula is C18H17F3N2O4. The van der Waals surface area contributed by atoms with Crippen LogP contribution < -0.4 is 10.6 Å². The monoisotopic (exact) mass is 382 g/mol. The van der Waals surface area contributed by atoms with Crippen LogP contribution in [-0.2, 0) is 15.7 Å². The standard InChI is InChI=1S/C18H17F3N2O4/c19-18(20,21)12-5-7-13(8-6-12)23-16(25)11-27-17(26)14-3-1-2-4-15(14)22-9-10-24/h1-8,22,24H,9-11H2,(H,23,25). The molecule has 3 N–H and O–H groups in total. The second kappa shape index (κ2) is 9.04. The largest absolute Gasteiger partial charge is 0.452 e. The van der Waals surface area contributed by atoms with E-state index < -0.39 is 30.2 Å². The molecule has 0 unspecified atom stereocenters. The number of hydrogen-bond donors (Lipinski definition) is 3. The molecule has 9 heteroatoms. The number of benzene rings is 2. The maximum atomic E-state index is 12.5. The van der Waals surface area contributed by atoms with Crippen LogP contribution in [0.3, 0.4) is 0 Å². The molecule has 2 aromatic rings. The fourth-order valence-corrected chi connectivity index (χ4v) is 2.15. The molecule has 2 rings (SSSR count). The minimum Gasteiger partial charge on any atom is -0.452 e. The Hall–Kier alpha value is -3.07. The Bertz CT molecular complexity index is 792. The summed E-state index contributed by atoms with van der Waals surface area (Å²) in [4.78, 5) is 23.9. The number of carbonyl (C=O) groups excluding carboxylic acids is 2. The molecule has 0 spiro atoms. The maximum absolute atomic E-state index is 12.5. The first kappa shape index (κ1) is 20.2. The van der Waals surface area contributed by atoms with Crippen molar-refractivity contribution in [2.24, 2.45) is 0 Å². The Morgan fingerprint density at radius 3 is 2.33 bits per heavy atom. The molecule has 0 saturated carbocycles. The molecule has 1 amide bonds. The van der Waals surface area contributed by atoms with Gasteiger partial charge in [0.1, 0.15) is 0 Å². The smallest absolute Gasteiger partial charge is 0.416 e. The van der Waals surface area contributed by atoms with Gasteiger partial charge in [0.25, 0.3) is 5.91 Å². The number of carbonyl (C=O) groups is 2. The van der Waals surface area contributed by atoms with E-state index in [2.05, 4.69) is 10.6 Å². The lowest BCUT2D eigenvalue weighted by atomic mass is 10.2. The van der Waals surface area contributed by atoms with Crippen molar-refractivity contribution in [3.8, 4) is 0 Å². The van der Waals surface area contributed by atoms with Gasteiger partial charge in [0.05, 0.1) is 17.7 Å². The van der Waals surface area contributed by atoms with E-state index in [4.69, 9.17) is 9.84 Å². The summed E-state index contributed by atoms with van der Waals surface area (Å²) < 4.78 is 42.4. The SMILES string of the molecule is O=C(COC(=O)c1ccccc1NCCO)Nc1ccc(C(F)(F)F)cc1. The highest BCUT2D eigenvalue weighted by molar-refractivity contribution is 5.98. The molecule has 0 radical (unpaired) electrons. The highest BCUT2D eigenvalue weighted by atomic mass is 19.4. The van der Waals surface area contributed by atoms with Crippen LogP contribution in [0.5, 0.6) is 0 Å². The van der Waals surface area contributed by atoms with Gasteiger partial charge >= 0.3 is 12.1 Å². The number of rotatable bonds is 7. The lowest BCUT2D eigenvalue weighted by Crippen LogP contribution is -2.21. The summed E-state index contributed by atoms with van der Waals surface area (Å²) in [6.07, 6.45) is -4.46. The van der Waals surface area contributed by atoms with Crippen LogP contribution in [0, 0.1) is 0 Å². The maximum Gasteiger partial charge on any atom is 0.416 e. The Morgan fingerprint density at radius 1 is 1.04 bits per heavy atom. The number of ether oxygens (including phenoxy) is 1. The molecule has 0 atom stereocenters. The number of esters is 1. The highest BCUT2D eigenvalue weighted by Crippen LogP contribution is 2.29. The minimum absolute atomic E-state index is 0.126. The molecule has 0 aliphatic heterocycles. The van der Waals surface area contributed by atoms with E-state index in [1.807, 2.05) is 0 Å². The molecule has 0 aliphatic rings. The van der Waals surface area contributed by atoms with Gasteiger partial charge in [-0.1, -0.05) is 12.1 Å². The summed E-state index contributed by atoms with van der Waals surface area (Å²) in [5, 5.41) is 14.0. The first-order valence-electron chi connectivity index (χ1n) is 7.89. The highest BCUT2D eigenvalue weighted by Gasteiger charge is 2.30. The second-order valence-corrected chi connectivity index (χ2v) is 5.40. The molecule has 0 aliphatic carbocycles. The third-order valence-corrected chi connectivity index (χ3v) is 3.40. The van der Waals surface area contributed by atoms with Crippen molar-refractivity contribution in [3.63, 3.8) is 0 Å². The number of alkyl halides is 3. The zero-order chi connectivity index (χ0) is 19.9. The topological polar surface area (TPSA) is 87.7 Å². The van der Waals surface area contributed by atoms with E-state index in [0.717, 1.165) is 24.3 Å². The first-order valence-corrected chi connectivity index (χ1v) is 7.89. The number of nitrogens with one attached hydrogen (secondary N) is 2. The molecule has 2 aromatic carbocycles. The van der Waals surface area contributed by atoms with Crippen LogP contribution in [0.1, 0.15) is 15.9 Å². The van der Waals surface area contributed by atoms with E-state index in [1.165, 1.54) is 6.07 Å². The second-order valence-electron chi connectivity index (χ2n) is 5.40. The summed E-state index contributed by atoms with van der Waals surface area (Å²) in [6.45, 7) is -0.494. The average Bonchev–Trinajstić information content (AvgIpc) is 2.64. The predicted molar refractivity (Wildman–Crippen MR) is 92.4 cm³/mol. The van der Waals surface area contributed by atoms with Gasteiger partial charge in [-0.3, -0.25) is 4.79 Å². The number of aliphatic hydroxyl groups excluding tert-OH is 1. The van der Waals surface area contributed by atoms with Crippen LogP contribution in [0.15, 0.2) is 48.5 Å². The van der Waals surface area contributed by atoms with Crippen molar-refractivity contribution in [1.82, 2.24) is 0 Å². The molecule has 0 saturated heterocycles. The van der Waals surface area contributed by atoms with Crippen LogP contribution in [0.2, 0.25) is 0 Å². The zero-order valence-corrected chi connectivity index (χ0v) is 14.0. The molecular weight excluding hydrogens is 365 g/mol. The van der Waals surface area contributed by atoms with Crippen molar-refractivity contribution in [3.05, 3.63) is 59.7 Å². The van der Waals surface area contributed by atoms with Gasteiger partial charge in [0, 0.05) is 17.9 Å². The molecule has 0 aromatic heterocycles. The Labute approximate surface area is 153 Å². The Kier molecular flexibility index (Phi) is 6.78. The summed E-state index contributed by atoms with van der Waals surface area (Å²) in [7, 11) is 0. The number of anilines is 2. The van der Waals surface area contributed by atoms with Crippen molar-refractivity contribution in [2.45, 2.75) is 6.18 Å². The number of amides is 1. The van der Waals surface area contributed by atoms with E-state index in [9.17, 15) is 22.8 Å². The van der Waals surface area contributed by atoms with Crippen molar-refractivity contribution >= 4 is 23.3 Å². The van der Waals surface area contributed by atoms with E-state index in [1.54, 1.807) is 18.2 Å². The summed E-state index contributed by atoms with van der Waals surface area (Å²) >= 11 is 0. The fraction of sp³-hybridized carbons (Fsp3) is 0.222. The Morgan fingerprint density at radius 2 is 1.70 bits per heavy atom. The van der Waals surface area contributed by atoms with E-state index in [-0.39, 0.29) is 24.4 Å². The lowest BCUT2D eigenvalue weighted by Gasteiger charge is -2.11. The summed E-state index contributed by atoms with van der Waals surface area (Å²) in [5.41, 5.74) is -0.0547. The van der Waals surface area contributed by atoms with E-state index >= 15 is 0 Å². The first-order chi connectivity index (χ1) is 12.8. The molecule has 27 heavy (non-hydrogen) atoms. The Balaban J connectivity index is 1.91. The molecule has 6 nitrogen and oxygen atoms in total. The molecule has 0 fully saturated rings. The molecule has 0 heterocycles. The minimum atomic E-state index is -4.46. The fourth-order valence-electron chi connectivity index (χ4n) is 2.15. The number of halogens is 3. The normalized spacial score (nSPS) is 11.0. The zero-order valence-electron chi connectivity index (χ0n) is 14.0. The predicted octanol–water partition coefficient (Wildman–Crippen LogP) is 2.91.